The number of hydrogen-bond acceptors (Lipinski definition) is 2. The van der Waals surface area contributed by atoms with Crippen molar-refractivity contribution in [1.82, 2.24) is 4.57 Å². The Morgan fingerprint density at radius 1 is 0.364 bits per heavy atom. The molecule has 258 valence electrons. The van der Waals surface area contributed by atoms with Crippen molar-refractivity contribution in [1.29, 1.82) is 0 Å². The number of nitrogens with zero attached hydrogens (tertiary/aromatic N) is 2. The lowest BCUT2D eigenvalue weighted by Crippen LogP contribution is -2.12. The average molecular weight is 719 g/mol. The summed E-state index contributed by atoms with van der Waals surface area (Å²) in [6.45, 7) is 0. The van der Waals surface area contributed by atoms with E-state index in [1.54, 1.807) is 0 Å². The van der Waals surface area contributed by atoms with E-state index in [0.29, 0.717) is 0 Å². The van der Waals surface area contributed by atoms with Crippen LogP contribution in [-0.2, 0) is 0 Å². The molecule has 0 saturated heterocycles. The molecular formula is C52H34N2S. The van der Waals surface area contributed by atoms with Crippen LogP contribution in [0.3, 0.4) is 0 Å². The van der Waals surface area contributed by atoms with Crippen molar-refractivity contribution < 1.29 is 0 Å². The van der Waals surface area contributed by atoms with Gasteiger partial charge in [0.05, 0.1) is 33.8 Å². The molecule has 9 aromatic carbocycles. The minimum atomic E-state index is 1.13. The lowest BCUT2D eigenvalue weighted by molar-refractivity contribution is 1.18. The molecule has 55 heavy (non-hydrogen) atoms. The summed E-state index contributed by atoms with van der Waals surface area (Å²) < 4.78 is 5.12. The smallest absolute Gasteiger partial charge is 0.0562 e. The van der Waals surface area contributed by atoms with Crippen molar-refractivity contribution in [3.63, 3.8) is 0 Å². The molecule has 0 radical (unpaired) electrons. The van der Waals surface area contributed by atoms with Gasteiger partial charge in [-0.25, -0.2) is 0 Å². The lowest BCUT2D eigenvalue weighted by Gasteiger charge is -2.30. The fourth-order valence-corrected chi connectivity index (χ4v) is 9.86. The Kier molecular flexibility index (Phi) is 7.39. The number of benzene rings is 9. The zero-order valence-corrected chi connectivity index (χ0v) is 30.7. The molecule has 0 fully saturated rings. The molecule has 3 heteroatoms. The van der Waals surface area contributed by atoms with Gasteiger partial charge in [-0.1, -0.05) is 164 Å². The number of hydrogen-bond donors (Lipinski definition) is 0. The van der Waals surface area contributed by atoms with Crippen LogP contribution in [0, 0.1) is 0 Å². The second-order valence-corrected chi connectivity index (χ2v) is 15.1. The third-order valence-corrected chi connectivity index (χ3v) is 12.2. The Labute approximate surface area is 323 Å². The molecule has 11 rings (SSSR count). The molecule has 0 saturated carbocycles. The molecule has 11 aromatic rings. The van der Waals surface area contributed by atoms with Crippen molar-refractivity contribution in [3.8, 4) is 27.9 Å². The molecule has 0 aliphatic carbocycles. The Hall–Kier alpha value is -6.94. The second kappa shape index (κ2) is 12.9. The maximum absolute atomic E-state index is 2.49. The highest BCUT2D eigenvalue weighted by Gasteiger charge is 2.25. The fraction of sp³-hybridized carbons (Fsp3) is 0. The van der Waals surface area contributed by atoms with Crippen LogP contribution in [0.5, 0.6) is 0 Å². The van der Waals surface area contributed by atoms with Gasteiger partial charge in [0.25, 0.3) is 0 Å². The highest BCUT2D eigenvalue weighted by atomic mass is 32.1. The zero-order chi connectivity index (χ0) is 36.3. The van der Waals surface area contributed by atoms with Gasteiger partial charge in [0.2, 0.25) is 0 Å². The summed E-state index contributed by atoms with van der Waals surface area (Å²) in [4.78, 5) is 2.49. The summed E-state index contributed by atoms with van der Waals surface area (Å²) in [7, 11) is 0. The summed E-state index contributed by atoms with van der Waals surface area (Å²) in [5.41, 5.74) is 11.7. The largest absolute Gasteiger partial charge is 0.309 e. The quantitative estimate of drug-likeness (QED) is 0.166. The summed E-state index contributed by atoms with van der Waals surface area (Å²) in [6, 6.07) is 75.1. The standard InChI is InChI=1S/C52H34N2S/c1-2-17-35(18-3-1)37-22-6-10-28-44(37)53(45-31-14-20-36-19-4-5-21-38(36)45)48-32-16-33-49-51(48)43-25-8-12-30-47(43)54(49)46-29-11-7-23-39(46)41-26-15-27-42-40-24-9-13-34-50(40)55-52(41)42/h1-34H. The Morgan fingerprint density at radius 2 is 0.945 bits per heavy atom. The number of para-hydroxylation sites is 3. The van der Waals surface area contributed by atoms with E-state index in [4.69, 9.17) is 0 Å². The van der Waals surface area contributed by atoms with Crippen LogP contribution >= 0.6 is 11.3 Å². The maximum atomic E-state index is 2.49. The molecule has 0 amide bonds. The summed E-state index contributed by atoms with van der Waals surface area (Å²) >= 11 is 1.88. The third kappa shape index (κ3) is 5.01. The molecule has 0 atom stereocenters. The molecule has 0 N–H and O–H groups in total. The lowest BCUT2D eigenvalue weighted by atomic mass is 9.99. The number of fused-ring (bicyclic) bond motifs is 7. The van der Waals surface area contributed by atoms with Gasteiger partial charge >= 0.3 is 0 Å². The molecule has 0 aliphatic heterocycles. The van der Waals surface area contributed by atoms with Gasteiger partial charge < -0.3 is 9.47 Å². The monoisotopic (exact) mass is 718 g/mol. The van der Waals surface area contributed by atoms with Gasteiger partial charge in [0, 0.05) is 53.0 Å². The van der Waals surface area contributed by atoms with E-state index in [-0.39, 0.29) is 0 Å². The first kappa shape index (κ1) is 31.6. The number of anilines is 3. The maximum Gasteiger partial charge on any atom is 0.0562 e. The molecule has 2 heterocycles. The third-order valence-electron chi connectivity index (χ3n) is 11.0. The van der Waals surface area contributed by atoms with E-state index in [9.17, 15) is 0 Å². The first-order chi connectivity index (χ1) is 27.3. The van der Waals surface area contributed by atoms with Crippen molar-refractivity contribution >= 4 is 81.1 Å². The van der Waals surface area contributed by atoms with Crippen LogP contribution in [-0.4, -0.2) is 4.57 Å². The number of aromatic nitrogens is 1. The van der Waals surface area contributed by atoms with Crippen molar-refractivity contribution in [2.75, 3.05) is 4.90 Å². The van der Waals surface area contributed by atoms with Crippen molar-refractivity contribution in [2.45, 2.75) is 0 Å². The van der Waals surface area contributed by atoms with Crippen LogP contribution in [0.15, 0.2) is 206 Å². The molecule has 2 aromatic heterocycles. The predicted molar refractivity (Wildman–Crippen MR) is 237 cm³/mol. The number of thiophene rings is 1. The Balaban J connectivity index is 1.22. The minimum Gasteiger partial charge on any atom is -0.309 e. The minimum absolute atomic E-state index is 1.13. The van der Waals surface area contributed by atoms with Gasteiger partial charge in [-0.2, -0.15) is 0 Å². The SMILES string of the molecule is c1ccc(-c2ccccc2N(c2cccc3ccccc23)c2cccc3c2c2ccccc2n3-c2ccccc2-c2cccc3c2sc2ccccc23)cc1. The summed E-state index contributed by atoms with van der Waals surface area (Å²) in [5, 5.41) is 7.46. The topological polar surface area (TPSA) is 8.17 Å². The average Bonchev–Trinajstić information content (AvgIpc) is 3.81. The fourth-order valence-electron chi connectivity index (χ4n) is 8.62. The van der Waals surface area contributed by atoms with Gasteiger partial charge in [-0.05, 0) is 53.4 Å². The van der Waals surface area contributed by atoms with Crippen LogP contribution in [0.4, 0.5) is 17.1 Å². The van der Waals surface area contributed by atoms with Crippen molar-refractivity contribution in [2.24, 2.45) is 0 Å². The van der Waals surface area contributed by atoms with Crippen molar-refractivity contribution in [3.05, 3.63) is 206 Å². The van der Waals surface area contributed by atoms with Gasteiger partial charge in [0.1, 0.15) is 0 Å². The van der Waals surface area contributed by atoms with E-state index >= 15 is 0 Å². The Bertz CT molecular complexity index is 3220. The van der Waals surface area contributed by atoms with Crippen LogP contribution in [0.25, 0.3) is 80.7 Å². The van der Waals surface area contributed by atoms with Crippen LogP contribution in [0.1, 0.15) is 0 Å². The van der Waals surface area contributed by atoms with Crippen LogP contribution in [0.2, 0.25) is 0 Å². The summed E-state index contributed by atoms with van der Waals surface area (Å²) in [6.07, 6.45) is 0. The van der Waals surface area contributed by atoms with Gasteiger partial charge in [-0.15, -0.1) is 11.3 Å². The van der Waals surface area contributed by atoms with E-state index in [0.717, 1.165) is 28.3 Å². The first-order valence-corrected chi connectivity index (χ1v) is 19.6. The molecule has 0 bridgehead atoms. The molecule has 0 spiro atoms. The van der Waals surface area contributed by atoms with E-state index in [1.807, 2.05) is 11.3 Å². The van der Waals surface area contributed by atoms with Crippen LogP contribution < -0.4 is 4.90 Å². The first-order valence-electron chi connectivity index (χ1n) is 18.8. The summed E-state index contributed by atoms with van der Waals surface area (Å²) in [5.74, 6) is 0. The Morgan fingerprint density at radius 3 is 1.85 bits per heavy atom. The molecule has 2 nitrogen and oxygen atoms in total. The van der Waals surface area contributed by atoms with E-state index in [2.05, 4.69) is 216 Å². The normalized spacial score (nSPS) is 11.6. The predicted octanol–water partition coefficient (Wildman–Crippen LogP) is 15.1. The second-order valence-electron chi connectivity index (χ2n) is 14.0. The van der Waals surface area contributed by atoms with Gasteiger partial charge in [0.15, 0.2) is 0 Å². The van der Waals surface area contributed by atoms with E-state index in [1.165, 1.54) is 69.5 Å². The van der Waals surface area contributed by atoms with E-state index < -0.39 is 0 Å². The number of rotatable bonds is 6. The molecule has 0 unspecified atom stereocenters. The zero-order valence-electron chi connectivity index (χ0n) is 29.9. The molecule has 0 aliphatic rings. The highest BCUT2D eigenvalue weighted by Crippen LogP contribution is 2.49. The highest BCUT2D eigenvalue weighted by molar-refractivity contribution is 7.26. The molecular weight excluding hydrogens is 685 g/mol. The van der Waals surface area contributed by atoms with Gasteiger partial charge in [-0.3, -0.25) is 0 Å².